The predicted octanol–water partition coefficient (Wildman–Crippen LogP) is 22.2. The van der Waals surface area contributed by atoms with Gasteiger partial charge in [-0.3, -0.25) is 0 Å². The maximum absolute atomic E-state index is 6.90. The zero-order chi connectivity index (χ0) is 58.1. The third-order valence-corrected chi connectivity index (χ3v) is 21.2. The standard InChI is InChI=1S/C85H55NO2/c1-48-34-40-74(49(2)42-48)86(51-36-38-58-69(43-51)83(3,4)73-45-61(50-20-6-5-7-21-50)82-81(78(58)73)60-27-13-19-33-76(60)88-82)52-35-37-57-62-46-72-63(47-71(62)85(70(57)44-52)66-30-16-10-24-55(66)56-25-11-17-31-67(56)85)79-68(39-41-77-80(79)59-26-12-18-32-75(59)87-77)84(72)64-28-14-8-22-53(64)54-23-9-15-29-65(54)84/h5-47H,1-4H3. The minimum Gasteiger partial charge on any atom is -0.456 e. The van der Waals surface area contributed by atoms with Crippen molar-refractivity contribution < 1.29 is 8.83 Å². The average Bonchev–Trinajstić information content (AvgIpc) is 1.49. The summed E-state index contributed by atoms with van der Waals surface area (Å²) in [6.45, 7) is 9.31. The van der Waals surface area contributed by atoms with Crippen LogP contribution in [0.2, 0.25) is 0 Å². The molecule has 15 aromatic rings. The Morgan fingerprint density at radius 1 is 0.307 bits per heavy atom. The van der Waals surface area contributed by atoms with Crippen LogP contribution in [0, 0.1) is 13.8 Å². The molecule has 2 spiro atoms. The number of furan rings is 2. The van der Waals surface area contributed by atoms with Gasteiger partial charge < -0.3 is 13.7 Å². The van der Waals surface area contributed by atoms with E-state index < -0.39 is 10.8 Å². The molecule has 20 rings (SSSR count). The fourth-order valence-corrected chi connectivity index (χ4v) is 17.7. The summed E-state index contributed by atoms with van der Waals surface area (Å²) in [6, 6.07) is 98.8. The van der Waals surface area contributed by atoms with Gasteiger partial charge in [-0.25, -0.2) is 0 Å². The van der Waals surface area contributed by atoms with Crippen LogP contribution in [0.5, 0.6) is 0 Å². The lowest BCUT2D eigenvalue weighted by Crippen LogP contribution is -2.27. The lowest BCUT2D eigenvalue weighted by Gasteiger charge is -2.33. The summed E-state index contributed by atoms with van der Waals surface area (Å²) in [5.74, 6) is 0. The molecule has 0 unspecified atom stereocenters. The van der Waals surface area contributed by atoms with E-state index in [1.807, 2.05) is 0 Å². The Bertz CT molecular complexity index is 5560. The average molecular weight is 1120 g/mol. The number of rotatable bonds is 4. The number of para-hydroxylation sites is 2. The fourth-order valence-electron chi connectivity index (χ4n) is 17.7. The topological polar surface area (TPSA) is 29.5 Å². The van der Waals surface area contributed by atoms with Gasteiger partial charge in [-0.1, -0.05) is 214 Å². The number of fused-ring (bicyclic) bond motifs is 31. The number of hydrogen-bond acceptors (Lipinski definition) is 3. The summed E-state index contributed by atoms with van der Waals surface area (Å²) >= 11 is 0. The highest BCUT2D eigenvalue weighted by Gasteiger charge is 2.57. The molecule has 0 saturated carbocycles. The highest BCUT2D eigenvalue weighted by Crippen LogP contribution is 2.69. The summed E-state index contributed by atoms with van der Waals surface area (Å²) in [4.78, 5) is 2.55. The molecule has 0 saturated heterocycles. The fraction of sp³-hybridized carbons (Fsp3) is 0.0824. The summed E-state index contributed by atoms with van der Waals surface area (Å²) in [6.07, 6.45) is 0. The van der Waals surface area contributed by atoms with Crippen LogP contribution in [0.4, 0.5) is 17.1 Å². The first-order valence-corrected chi connectivity index (χ1v) is 31.0. The van der Waals surface area contributed by atoms with E-state index in [1.54, 1.807) is 0 Å². The molecule has 0 atom stereocenters. The molecule has 412 valence electrons. The lowest BCUT2D eigenvalue weighted by atomic mass is 9.68. The van der Waals surface area contributed by atoms with E-state index in [-0.39, 0.29) is 5.41 Å². The summed E-state index contributed by atoms with van der Waals surface area (Å²) in [5, 5.41) is 4.64. The van der Waals surface area contributed by atoms with Crippen molar-refractivity contribution in [3.63, 3.8) is 0 Å². The molecule has 3 heteroatoms. The highest BCUT2D eigenvalue weighted by molar-refractivity contribution is 6.20. The summed E-state index contributed by atoms with van der Waals surface area (Å²) < 4.78 is 13.7. The van der Waals surface area contributed by atoms with E-state index in [1.165, 1.54) is 133 Å². The zero-order valence-electron chi connectivity index (χ0n) is 49.1. The van der Waals surface area contributed by atoms with Gasteiger partial charge in [0.1, 0.15) is 22.3 Å². The van der Waals surface area contributed by atoms with Crippen LogP contribution in [0.3, 0.4) is 0 Å². The van der Waals surface area contributed by atoms with Gasteiger partial charge in [0.05, 0.1) is 10.8 Å². The SMILES string of the molecule is Cc1ccc(N(c2ccc3c(c2)C(C)(C)c2cc(-c4ccccc4)c4oc5ccccc5c4c2-3)c2ccc3c(c2)C2(c4ccccc4-c4ccccc42)c2cc4c(cc2-3)C2(c3ccccc3-c3ccccc32)c2ccc3oc5ccccc5c3c2-4)c(C)c1. The maximum Gasteiger partial charge on any atom is 0.143 e. The molecule has 88 heavy (non-hydrogen) atoms. The largest absolute Gasteiger partial charge is 0.456 e. The van der Waals surface area contributed by atoms with Crippen molar-refractivity contribution in [1.82, 2.24) is 0 Å². The first-order valence-electron chi connectivity index (χ1n) is 31.0. The van der Waals surface area contributed by atoms with Crippen LogP contribution in [-0.2, 0) is 16.2 Å². The number of aryl methyl sites for hydroxylation is 2. The van der Waals surface area contributed by atoms with Gasteiger partial charge in [0, 0.05) is 49.6 Å². The van der Waals surface area contributed by atoms with E-state index >= 15 is 0 Å². The Morgan fingerprint density at radius 3 is 1.44 bits per heavy atom. The Kier molecular flexibility index (Phi) is 9.27. The van der Waals surface area contributed by atoms with E-state index in [9.17, 15) is 0 Å². The quantitative estimate of drug-likeness (QED) is 0.176. The molecule has 0 N–H and O–H groups in total. The summed E-state index contributed by atoms with van der Waals surface area (Å²) in [5.41, 5.74) is 36.0. The Hall–Kier alpha value is -10.7. The predicted molar refractivity (Wildman–Crippen MR) is 361 cm³/mol. The van der Waals surface area contributed by atoms with Gasteiger partial charge in [-0.05, 0) is 203 Å². The number of hydrogen-bond donors (Lipinski definition) is 0. The van der Waals surface area contributed by atoms with Gasteiger partial charge in [-0.2, -0.15) is 0 Å². The van der Waals surface area contributed by atoms with E-state index in [2.05, 4.69) is 293 Å². The second-order valence-corrected chi connectivity index (χ2v) is 25.8. The first kappa shape index (κ1) is 48.5. The van der Waals surface area contributed by atoms with Crippen molar-refractivity contribution in [1.29, 1.82) is 0 Å². The Morgan fingerprint density at radius 2 is 0.795 bits per heavy atom. The van der Waals surface area contributed by atoms with Gasteiger partial charge in [-0.15, -0.1) is 0 Å². The normalized spacial score (nSPS) is 14.9. The molecule has 13 aromatic carbocycles. The molecule has 2 aromatic heterocycles. The van der Waals surface area contributed by atoms with Crippen LogP contribution >= 0.6 is 0 Å². The van der Waals surface area contributed by atoms with Crippen LogP contribution in [0.1, 0.15) is 80.6 Å². The van der Waals surface area contributed by atoms with Crippen molar-refractivity contribution in [2.24, 2.45) is 0 Å². The van der Waals surface area contributed by atoms with E-state index in [0.29, 0.717) is 0 Å². The molecule has 0 fully saturated rings. The second-order valence-electron chi connectivity index (χ2n) is 25.8. The van der Waals surface area contributed by atoms with Gasteiger partial charge in [0.25, 0.3) is 0 Å². The molecule has 0 bridgehead atoms. The summed E-state index contributed by atoms with van der Waals surface area (Å²) in [7, 11) is 0. The smallest absolute Gasteiger partial charge is 0.143 e. The van der Waals surface area contributed by atoms with E-state index in [4.69, 9.17) is 8.83 Å². The molecule has 0 aliphatic heterocycles. The van der Waals surface area contributed by atoms with Gasteiger partial charge in [0.15, 0.2) is 0 Å². The Balaban J connectivity index is 0.859. The lowest BCUT2D eigenvalue weighted by molar-refractivity contribution is 0.657. The van der Waals surface area contributed by atoms with Gasteiger partial charge in [0.2, 0.25) is 0 Å². The van der Waals surface area contributed by atoms with Crippen molar-refractivity contribution >= 4 is 60.9 Å². The molecule has 0 radical (unpaired) electrons. The Labute approximate surface area is 510 Å². The highest BCUT2D eigenvalue weighted by atomic mass is 16.3. The molecule has 0 amide bonds. The maximum atomic E-state index is 6.90. The monoisotopic (exact) mass is 1120 g/mol. The minimum absolute atomic E-state index is 0.350. The molecular weight excluding hydrogens is 1070 g/mol. The van der Waals surface area contributed by atoms with Crippen molar-refractivity contribution in [2.75, 3.05) is 4.90 Å². The van der Waals surface area contributed by atoms with Crippen molar-refractivity contribution in [3.05, 3.63) is 328 Å². The second kappa shape index (κ2) is 16.8. The zero-order valence-corrected chi connectivity index (χ0v) is 49.1. The molecule has 5 aliphatic rings. The molecular formula is C85H55NO2. The van der Waals surface area contributed by atoms with Gasteiger partial charge >= 0.3 is 0 Å². The third-order valence-electron chi connectivity index (χ3n) is 21.2. The number of benzene rings is 13. The van der Waals surface area contributed by atoms with Crippen LogP contribution < -0.4 is 4.90 Å². The molecule has 2 heterocycles. The van der Waals surface area contributed by atoms with Crippen molar-refractivity contribution in [3.8, 4) is 66.8 Å². The third kappa shape index (κ3) is 5.81. The molecule has 5 aliphatic carbocycles. The molecule has 3 nitrogen and oxygen atoms in total. The number of nitrogens with zero attached hydrogens (tertiary/aromatic N) is 1. The van der Waals surface area contributed by atoms with E-state index in [0.717, 1.165) is 61.3 Å². The van der Waals surface area contributed by atoms with Crippen LogP contribution in [0.15, 0.2) is 270 Å². The van der Waals surface area contributed by atoms with Crippen LogP contribution in [-0.4, -0.2) is 0 Å². The first-order chi connectivity index (χ1) is 43.2. The van der Waals surface area contributed by atoms with Crippen molar-refractivity contribution in [2.45, 2.75) is 43.9 Å². The minimum atomic E-state index is -0.665. The number of anilines is 3. The van der Waals surface area contributed by atoms with Crippen LogP contribution in [0.25, 0.3) is 111 Å².